The van der Waals surface area contributed by atoms with Gasteiger partial charge in [-0.05, 0) is 128 Å². The van der Waals surface area contributed by atoms with Crippen molar-refractivity contribution < 1.29 is 4.42 Å². The summed E-state index contributed by atoms with van der Waals surface area (Å²) in [5.41, 5.74) is 23.5. The largest absolute Gasteiger partial charge is 0.456 e. The van der Waals surface area contributed by atoms with Gasteiger partial charge in [-0.25, -0.2) is 0 Å². The summed E-state index contributed by atoms with van der Waals surface area (Å²) in [7, 11) is 0.787. The molecule has 0 saturated heterocycles. The van der Waals surface area contributed by atoms with Crippen LogP contribution in [-0.2, 0) is 16.2 Å². The summed E-state index contributed by atoms with van der Waals surface area (Å²) >= 11 is 1.93. The first-order chi connectivity index (χ1) is 33.2. The van der Waals surface area contributed by atoms with Gasteiger partial charge in [-0.2, -0.15) is 0 Å². The molecule has 0 bridgehead atoms. The molecule has 1 spiro atoms. The SMILES string of the molecule is CC1(C)CCC(C)(C)c2cc(Nc3cc4c(cc3-c3cc5c(sc6ccccc65)c5c3Bc3cccc6c3N5c3ccccc3C63c5ccccc5-c5ccccc53)oc3ccccc34)ccc21. The Kier molecular flexibility index (Phi) is 7.65. The van der Waals surface area contributed by atoms with Gasteiger partial charge in [0.25, 0.3) is 0 Å². The van der Waals surface area contributed by atoms with Crippen molar-refractivity contribution in [1.29, 1.82) is 0 Å². The predicted molar refractivity (Wildman–Crippen MR) is 289 cm³/mol. The van der Waals surface area contributed by atoms with Crippen molar-refractivity contribution in [3.63, 3.8) is 0 Å². The first-order valence-electron chi connectivity index (χ1n) is 24.3. The Labute approximate surface area is 400 Å². The lowest BCUT2D eigenvalue weighted by atomic mass is 9.54. The second kappa shape index (κ2) is 13.4. The average Bonchev–Trinajstić information content (AvgIpc) is 4.02. The van der Waals surface area contributed by atoms with E-state index in [2.05, 4.69) is 214 Å². The van der Waals surface area contributed by atoms with E-state index in [4.69, 9.17) is 4.42 Å². The van der Waals surface area contributed by atoms with E-state index in [0.29, 0.717) is 0 Å². The first kappa shape index (κ1) is 38.7. The Hall–Kier alpha value is -7.34. The zero-order valence-corrected chi connectivity index (χ0v) is 39.4. The topological polar surface area (TPSA) is 28.4 Å². The zero-order valence-electron chi connectivity index (χ0n) is 38.6. The van der Waals surface area contributed by atoms with Crippen LogP contribution >= 0.6 is 11.3 Å². The molecular weight excluding hydrogens is 844 g/mol. The second-order valence-electron chi connectivity index (χ2n) is 21.1. The molecule has 0 radical (unpaired) electrons. The smallest absolute Gasteiger partial charge is 0.198 e. The fourth-order valence-electron chi connectivity index (χ4n) is 13.2. The maximum Gasteiger partial charge on any atom is 0.198 e. The van der Waals surface area contributed by atoms with Crippen molar-refractivity contribution >= 4 is 100 Å². The molecule has 0 fully saturated rings. The molecule has 5 heteroatoms. The number of fused-ring (bicyclic) bond motifs is 19. The van der Waals surface area contributed by atoms with Crippen LogP contribution in [0.5, 0.6) is 0 Å². The molecule has 0 amide bonds. The quantitative estimate of drug-likeness (QED) is 0.179. The minimum Gasteiger partial charge on any atom is -0.456 e. The molecule has 2 aliphatic heterocycles. The molecule has 2 aromatic heterocycles. The van der Waals surface area contributed by atoms with Crippen LogP contribution in [0.1, 0.15) is 73.9 Å². The number of nitrogens with zero attached hydrogens (tertiary/aromatic N) is 1. The number of benzene rings is 9. The third-order valence-corrected chi connectivity index (χ3v) is 17.7. The van der Waals surface area contributed by atoms with Gasteiger partial charge in [-0.1, -0.05) is 161 Å². The van der Waals surface area contributed by atoms with Gasteiger partial charge in [0.15, 0.2) is 7.28 Å². The third-order valence-electron chi connectivity index (χ3n) is 16.5. The molecule has 0 unspecified atom stereocenters. The Morgan fingerprint density at radius 1 is 0.500 bits per heavy atom. The molecule has 3 nitrogen and oxygen atoms in total. The van der Waals surface area contributed by atoms with Gasteiger partial charge in [-0.3, -0.25) is 0 Å². The van der Waals surface area contributed by atoms with Gasteiger partial charge in [0.1, 0.15) is 11.2 Å². The Morgan fingerprint density at radius 2 is 1.18 bits per heavy atom. The minimum absolute atomic E-state index is 0.0818. The van der Waals surface area contributed by atoms with Crippen LogP contribution in [0.15, 0.2) is 180 Å². The number of rotatable bonds is 3. The molecule has 0 atom stereocenters. The second-order valence-corrected chi connectivity index (χ2v) is 22.1. The molecule has 11 aromatic rings. The molecule has 2 aliphatic carbocycles. The van der Waals surface area contributed by atoms with E-state index >= 15 is 0 Å². The lowest BCUT2D eigenvalue weighted by Gasteiger charge is -2.48. The summed E-state index contributed by atoms with van der Waals surface area (Å²) in [5, 5.41) is 8.91. The number of thiophene rings is 1. The highest BCUT2D eigenvalue weighted by Gasteiger charge is 2.53. The van der Waals surface area contributed by atoms with Crippen LogP contribution in [-0.4, -0.2) is 7.28 Å². The fourth-order valence-corrected chi connectivity index (χ4v) is 14.5. The molecular formula is C63H47BN2OS. The number of para-hydroxylation sites is 3. The number of anilines is 5. The fraction of sp³-hybridized carbons (Fsp3) is 0.143. The molecule has 324 valence electrons. The minimum atomic E-state index is -0.470. The summed E-state index contributed by atoms with van der Waals surface area (Å²) in [6, 6.07) is 66.5. The van der Waals surface area contributed by atoms with Crippen LogP contribution in [0.2, 0.25) is 0 Å². The van der Waals surface area contributed by atoms with E-state index in [9.17, 15) is 0 Å². The van der Waals surface area contributed by atoms with Crippen molar-refractivity contribution in [2.24, 2.45) is 0 Å². The van der Waals surface area contributed by atoms with Crippen LogP contribution in [0.4, 0.5) is 28.4 Å². The standard InChI is InChI=1S/C63H47BN2OS/c1-61(2)30-31-62(3,4)50-32-36(28-29-47(50)61)65-52-34-42-39-18-7-13-26-54(39)67-55(42)35-41(52)43-33-44-40-19-8-14-27-56(40)68-60(44)59-57(43)64-51-24-15-23-49-58(51)66(59)53-25-12-11-22-48(53)63(49)45-20-9-5-16-37(45)38-17-6-10-21-46(38)63/h5-29,32-35,64-65H,30-31H2,1-4H3. The first-order valence-corrected chi connectivity index (χ1v) is 25.1. The Bertz CT molecular complexity index is 3970. The average molecular weight is 891 g/mol. The summed E-state index contributed by atoms with van der Waals surface area (Å²) in [6.07, 6.45) is 2.35. The van der Waals surface area contributed by atoms with Gasteiger partial charge in [0.2, 0.25) is 0 Å². The Balaban J connectivity index is 1.03. The summed E-state index contributed by atoms with van der Waals surface area (Å²) < 4.78 is 9.40. The molecule has 0 saturated carbocycles. The van der Waals surface area contributed by atoms with E-state index in [1.54, 1.807) is 0 Å². The monoisotopic (exact) mass is 890 g/mol. The van der Waals surface area contributed by atoms with Gasteiger partial charge in [-0.15, -0.1) is 11.3 Å². The number of furan rings is 1. The molecule has 9 aromatic carbocycles. The van der Waals surface area contributed by atoms with Gasteiger partial charge < -0.3 is 14.6 Å². The maximum absolute atomic E-state index is 6.78. The van der Waals surface area contributed by atoms with Crippen molar-refractivity contribution in [3.8, 4) is 22.3 Å². The van der Waals surface area contributed by atoms with E-state index < -0.39 is 5.41 Å². The number of nitrogens with one attached hydrogen (secondary N) is 1. The highest BCUT2D eigenvalue weighted by molar-refractivity contribution is 7.26. The molecule has 4 heterocycles. The number of hydrogen-bond donors (Lipinski definition) is 1. The highest BCUT2D eigenvalue weighted by Crippen LogP contribution is 2.64. The van der Waals surface area contributed by atoms with Gasteiger partial charge >= 0.3 is 0 Å². The molecule has 1 N–H and O–H groups in total. The molecule has 4 aliphatic rings. The van der Waals surface area contributed by atoms with Gasteiger partial charge in [0, 0.05) is 48.9 Å². The van der Waals surface area contributed by atoms with Crippen LogP contribution < -0.4 is 21.1 Å². The number of hydrogen-bond acceptors (Lipinski definition) is 4. The van der Waals surface area contributed by atoms with Crippen LogP contribution in [0.3, 0.4) is 0 Å². The van der Waals surface area contributed by atoms with Crippen molar-refractivity contribution in [3.05, 3.63) is 209 Å². The van der Waals surface area contributed by atoms with Gasteiger partial charge in [0.05, 0.1) is 21.5 Å². The normalized spacial score (nSPS) is 16.3. The Morgan fingerprint density at radius 3 is 1.99 bits per heavy atom. The van der Waals surface area contributed by atoms with E-state index in [1.807, 2.05) is 11.3 Å². The van der Waals surface area contributed by atoms with E-state index in [1.165, 1.54) is 111 Å². The molecule has 68 heavy (non-hydrogen) atoms. The zero-order chi connectivity index (χ0) is 45.3. The molecule has 15 rings (SSSR count). The lowest BCUT2D eigenvalue weighted by molar-refractivity contribution is 0.332. The summed E-state index contributed by atoms with van der Waals surface area (Å²) in [6.45, 7) is 9.65. The van der Waals surface area contributed by atoms with Crippen molar-refractivity contribution in [1.82, 2.24) is 0 Å². The third kappa shape index (κ3) is 4.99. The predicted octanol–water partition coefficient (Wildman–Crippen LogP) is 15.6. The van der Waals surface area contributed by atoms with E-state index in [0.717, 1.165) is 46.2 Å². The van der Waals surface area contributed by atoms with Crippen LogP contribution in [0.25, 0.3) is 64.4 Å². The highest BCUT2D eigenvalue weighted by atomic mass is 32.1. The summed E-state index contributed by atoms with van der Waals surface area (Å²) in [5.74, 6) is 0. The van der Waals surface area contributed by atoms with E-state index in [-0.39, 0.29) is 10.8 Å². The van der Waals surface area contributed by atoms with Crippen molar-refractivity contribution in [2.45, 2.75) is 56.8 Å². The summed E-state index contributed by atoms with van der Waals surface area (Å²) in [4.78, 5) is 2.68. The lowest BCUT2D eigenvalue weighted by Crippen LogP contribution is -2.47. The van der Waals surface area contributed by atoms with Crippen molar-refractivity contribution in [2.75, 3.05) is 10.2 Å². The van der Waals surface area contributed by atoms with Crippen LogP contribution in [0, 0.1) is 0 Å². The maximum atomic E-state index is 6.78.